The third-order valence-electron chi connectivity index (χ3n) is 12.3. The minimum atomic E-state index is -0.507. The minimum absolute atomic E-state index is 0.256. The van der Waals surface area contributed by atoms with Crippen molar-refractivity contribution in [1.82, 2.24) is 0 Å². The van der Waals surface area contributed by atoms with Crippen molar-refractivity contribution in [2.75, 3.05) is 0 Å². The van der Waals surface area contributed by atoms with Crippen LogP contribution in [0.25, 0.3) is 0 Å². The molecule has 5 fully saturated rings. The Bertz CT molecular complexity index is 822. The second kappa shape index (κ2) is 10.2. The van der Waals surface area contributed by atoms with Crippen LogP contribution in [0.3, 0.4) is 0 Å². The van der Waals surface area contributed by atoms with Gasteiger partial charge in [-0.1, -0.05) is 59.2 Å². The smallest absolute Gasteiger partial charge is 0.309 e. The van der Waals surface area contributed by atoms with Crippen LogP contribution in [0.1, 0.15) is 119 Å². The Morgan fingerprint density at radius 1 is 0.943 bits per heavy atom. The first-order chi connectivity index (χ1) is 16.6. The Hall–Kier alpha value is -1.32. The van der Waals surface area contributed by atoms with E-state index in [0.717, 1.165) is 50.7 Å². The first-order valence-electron chi connectivity index (χ1n) is 14.6. The van der Waals surface area contributed by atoms with Crippen molar-refractivity contribution >= 4 is 11.7 Å². The number of carboxylic acids is 1. The zero-order valence-electron chi connectivity index (χ0n) is 23.7. The molecule has 0 spiro atoms. The highest BCUT2D eigenvalue weighted by Crippen LogP contribution is 2.75. The van der Waals surface area contributed by atoms with Crippen molar-refractivity contribution in [3.63, 3.8) is 0 Å². The molecule has 0 aliphatic heterocycles. The molecule has 35 heavy (non-hydrogen) atoms. The lowest BCUT2D eigenvalue weighted by atomic mass is 9.33. The van der Waals surface area contributed by atoms with Gasteiger partial charge in [-0.05, 0) is 111 Å². The van der Waals surface area contributed by atoms with Crippen molar-refractivity contribution in [3.05, 3.63) is 12.7 Å². The molecule has 5 aliphatic carbocycles. The van der Waals surface area contributed by atoms with E-state index in [-0.39, 0.29) is 5.41 Å². The molecule has 0 bridgehead atoms. The van der Waals surface area contributed by atoms with E-state index in [2.05, 4.69) is 39.4 Å². The summed E-state index contributed by atoms with van der Waals surface area (Å²) in [6.07, 6.45) is 13.9. The lowest BCUT2D eigenvalue weighted by Crippen LogP contribution is -2.65. The van der Waals surface area contributed by atoms with E-state index in [4.69, 9.17) is 0 Å². The number of rotatable bonds is 1. The van der Waals surface area contributed by atoms with Gasteiger partial charge in [-0.25, -0.2) is 0 Å². The summed E-state index contributed by atoms with van der Waals surface area (Å²) < 4.78 is 0. The van der Waals surface area contributed by atoms with Gasteiger partial charge in [0.1, 0.15) is 0 Å². The van der Waals surface area contributed by atoms with E-state index < -0.39 is 11.4 Å². The molecule has 5 saturated carbocycles. The molecule has 5 aliphatic rings. The molecule has 4 nitrogen and oxygen atoms in total. The van der Waals surface area contributed by atoms with Gasteiger partial charge in [-0.15, -0.1) is 6.58 Å². The number of aliphatic carboxylic acids is 1. The highest BCUT2D eigenvalue weighted by Gasteiger charge is 2.69. The molecule has 0 heterocycles. The average Bonchev–Trinajstić information content (AvgIpc) is 3.27. The average molecular weight is 488 g/mol. The molecule has 2 N–H and O–H groups in total. The fourth-order valence-electron chi connectivity index (χ4n) is 10.5. The van der Waals surface area contributed by atoms with Crippen LogP contribution in [0, 0.1) is 51.2 Å². The van der Waals surface area contributed by atoms with Crippen molar-refractivity contribution in [3.8, 4) is 0 Å². The normalized spacial score (nSPS) is 49.0. The summed E-state index contributed by atoms with van der Waals surface area (Å²) in [7, 11) is 0. The van der Waals surface area contributed by atoms with Crippen molar-refractivity contribution in [2.24, 2.45) is 56.4 Å². The summed E-state index contributed by atoms with van der Waals surface area (Å²) in [5, 5.41) is 23.4. The predicted octanol–water partition coefficient (Wildman–Crippen LogP) is 8.59. The molecule has 0 amide bonds. The number of oxime groups is 1. The van der Waals surface area contributed by atoms with Crippen molar-refractivity contribution in [2.45, 2.75) is 119 Å². The van der Waals surface area contributed by atoms with E-state index in [1.807, 2.05) is 20.8 Å². The maximum Gasteiger partial charge on any atom is 0.309 e. The second-order valence-corrected chi connectivity index (χ2v) is 13.0. The van der Waals surface area contributed by atoms with Gasteiger partial charge in [0.05, 0.1) is 11.1 Å². The molecule has 0 radical (unpaired) electrons. The lowest BCUT2D eigenvalue weighted by Gasteiger charge is -2.71. The van der Waals surface area contributed by atoms with Gasteiger partial charge in [-0.2, -0.15) is 0 Å². The Labute approximate surface area is 215 Å². The Balaban J connectivity index is 0.000000638. The van der Waals surface area contributed by atoms with Gasteiger partial charge in [0.15, 0.2) is 0 Å². The Kier molecular flexibility index (Phi) is 8.24. The molecule has 8 unspecified atom stereocenters. The third-order valence-corrected chi connectivity index (χ3v) is 12.3. The van der Waals surface area contributed by atoms with Crippen LogP contribution >= 0.6 is 0 Å². The van der Waals surface area contributed by atoms with Gasteiger partial charge in [0.25, 0.3) is 0 Å². The molecular formula is C31H53NO3. The van der Waals surface area contributed by atoms with Crippen LogP contribution in [0.15, 0.2) is 17.8 Å². The van der Waals surface area contributed by atoms with E-state index in [1.165, 1.54) is 25.7 Å². The summed E-state index contributed by atoms with van der Waals surface area (Å²) in [5.41, 5.74) is 1.44. The predicted molar refractivity (Wildman–Crippen MR) is 145 cm³/mol. The largest absolute Gasteiger partial charge is 0.481 e. The van der Waals surface area contributed by atoms with Crippen LogP contribution in [0.5, 0.6) is 0 Å². The van der Waals surface area contributed by atoms with Crippen LogP contribution in [-0.2, 0) is 4.79 Å². The lowest BCUT2D eigenvalue weighted by molar-refractivity contribution is -0.223. The number of fused-ring (bicyclic) bond motifs is 7. The molecular weight excluding hydrogens is 434 g/mol. The van der Waals surface area contributed by atoms with Crippen molar-refractivity contribution in [1.29, 1.82) is 0 Å². The number of nitrogens with zero attached hydrogens (tertiary/aromatic N) is 1. The quantitative estimate of drug-likeness (QED) is 0.221. The van der Waals surface area contributed by atoms with E-state index >= 15 is 0 Å². The molecule has 0 saturated heterocycles. The SMILES string of the molecule is C=CC.CC.CC1/C(=N/O)CCC2(C)C1CCC1(C)C2CCC2C3CCCC3(C(=O)O)CC[C@]21C. The fraction of sp³-hybridized carbons (Fsp3) is 0.871. The zero-order valence-corrected chi connectivity index (χ0v) is 23.7. The van der Waals surface area contributed by atoms with Crippen molar-refractivity contribution < 1.29 is 15.1 Å². The van der Waals surface area contributed by atoms with E-state index in [9.17, 15) is 15.1 Å². The summed E-state index contributed by atoms with van der Waals surface area (Å²) in [4.78, 5) is 12.4. The molecule has 0 aromatic rings. The number of hydrogen-bond donors (Lipinski definition) is 2. The number of carbonyl (C=O) groups is 1. The maximum atomic E-state index is 12.4. The zero-order chi connectivity index (χ0) is 26.2. The molecule has 200 valence electrons. The number of hydrogen-bond acceptors (Lipinski definition) is 3. The van der Waals surface area contributed by atoms with Gasteiger partial charge in [-0.3, -0.25) is 4.79 Å². The second-order valence-electron chi connectivity index (χ2n) is 13.0. The molecule has 0 aromatic heterocycles. The van der Waals surface area contributed by atoms with Crippen LogP contribution < -0.4 is 0 Å². The number of carboxylic acid groups (broad SMARTS) is 1. The van der Waals surface area contributed by atoms with Gasteiger partial charge >= 0.3 is 5.97 Å². The molecule has 4 heteroatoms. The summed E-state index contributed by atoms with van der Waals surface area (Å²) in [6, 6.07) is 0. The van der Waals surface area contributed by atoms with Gasteiger partial charge in [0, 0.05) is 5.92 Å². The van der Waals surface area contributed by atoms with Gasteiger partial charge in [0.2, 0.25) is 0 Å². The molecule has 0 aromatic carbocycles. The Morgan fingerprint density at radius 3 is 2.20 bits per heavy atom. The maximum absolute atomic E-state index is 12.4. The third kappa shape index (κ3) is 3.91. The summed E-state index contributed by atoms with van der Waals surface area (Å²) >= 11 is 0. The first kappa shape index (κ1) is 28.3. The van der Waals surface area contributed by atoms with Crippen LogP contribution in [0.4, 0.5) is 0 Å². The van der Waals surface area contributed by atoms with E-state index in [1.54, 1.807) is 6.08 Å². The highest BCUT2D eigenvalue weighted by molar-refractivity contribution is 5.87. The standard InChI is InChI=1S/C26H41NO3.C3H6.C2H6/c1-16-17-9-13-25(4)21(23(17,2)12-10-20(16)27-30)8-7-18-19-6-5-11-26(19,22(28)29)15-14-24(18,25)3;1-3-2;1-2/h16-19,21,30H,5-15H2,1-4H3,(H,28,29);3H,1H2,2H3;1-2H3/b27-20+;;/t16?,17?,18?,19?,21?,23?,24-,25?,26?;;/m1../s1. The number of allylic oxidation sites excluding steroid dienone is 1. The van der Waals surface area contributed by atoms with Crippen LogP contribution in [-0.4, -0.2) is 22.0 Å². The Morgan fingerprint density at radius 2 is 1.60 bits per heavy atom. The summed E-state index contributed by atoms with van der Waals surface area (Å²) in [5.74, 6) is 2.14. The van der Waals surface area contributed by atoms with Gasteiger partial charge < -0.3 is 10.3 Å². The monoisotopic (exact) mass is 487 g/mol. The minimum Gasteiger partial charge on any atom is -0.481 e. The summed E-state index contributed by atoms with van der Waals surface area (Å²) in [6.45, 7) is 19.2. The first-order valence-corrected chi connectivity index (χ1v) is 14.6. The topological polar surface area (TPSA) is 69.9 Å². The highest BCUT2D eigenvalue weighted by atomic mass is 16.4. The van der Waals surface area contributed by atoms with E-state index in [0.29, 0.717) is 40.4 Å². The van der Waals surface area contributed by atoms with Crippen LogP contribution in [0.2, 0.25) is 0 Å². The molecule has 5 rings (SSSR count). The fourth-order valence-corrected chi connectivity index (χ4v) is 10.5. The molecule has 9 atom stereocenters.